The number of fused-ring (bicyclic) bond motifs is 14. The first-order chi connectivity index (χ1) is 52.6. The van der Waals surface area contributed by atoms with Crippen LogP contribution in [0.4, 0.5) is 85.3 Å². The fourth-order valence-electron chi connectivity index (χ4n) is 17.6. The number of rotatable bonds is 11. The van der Waals surface area contributed by atoms with E-state index < -0.39 is 40.9 Å². The van der Waals surface area contributed by atoms with Crippen molar-refractivity contribution >= 4 is 208 Å². The third kappa shape index (κ3) is 9.72. The molecule has 494 valence electrons. The average molecular weight is 1580 g/mol. The van der Waals surface area contributed by atoms with Crippen LogP contribution in [0.15, 0.2) is 370 Å². The van der Waals surface area contributed by atoms with Crippen molar-refractivity contribution in [3.63, 3.8) is 0 Å². The molecule has 0 spiro atoms. The van der Waals surface area contributed by atoms with Crippen molar-refractivity contribution in [2.45, 2.75) is 0 Å². The summed E-state index contributed by atoms with van der Waals surface area (Å²) in [5.74, 6) is 1.66. The van der Waals surface area contributed by atoms with Gasteiger partial charge in [0.15, 0.2) is 0 Å². The van der Waals surface area contributed by atoms with Crippen LogP contribution in [0.3, 0.4) is 0 Å². The molecule has 0 atom stereocenters. The fourth-order valence-corrected chi connectivity index (χ4v) is 24.1. The molecular weight excluding hydrogens is 1520 g/mol. The molecule has 0 amide bonds. The molecule has 18 aromatic rings. The maximum absolute atomic E-state index is 8.13. The van der Waals surface area contributed by atoms with Crippen molar-refractivity contribution < 1.29 is 4.74 Å². The minimum atomic E-state index is -0.660. The normalized spacial score (nSPS) is 12.9. The van der Waals surface area contributed by atoms with Crippen molar-refractivity contribution in [1.82, 2.24) is 0 Å². The van der Waals surface area contributed by atoms with E-state index in [1.54, 1.807) is 0 Å². The minimum absolute atomic E-state index is 0.236. The second-order valence-electron chi connectivity index (χ2n) is 27.8. The van der Waals surface area contributed by atoms with Crippen LogP contribution in [-0.2, 0) is 0 Å². The predicted molar refractivity (Wildman–Crippen MR) is 450 cm³/mol. The van der Waals surface area contributed by atoms with Crippen molar-refractivity contribution in [3.8, 4) is 33.8 Å². The van der Waals surface area contributed by atoms with Gasteiger partial charge < -0.3 is 9.80 Å². The summed E-state index contributed by atoms with van der Waals surface area (Å²) >= 11 is -1.30. The van der Waals surface area contributed by atoms with Crippen LogP contribution in [0.5, 0.6) is 11.5 Å². The Morgan fingerprint density at radius 2 is 0.689 bits per heavy atom. The summed E-state index contributed by atoms with van der Waals surface area (Å²) in [7, 11) is 0. The molecule has 0 fully saturated rings. The fraction of sp³-hybridized carbons (Fsp3) is 0. The summed E-state index contributed by atoms with van der Waals surface area (Å²) in [5.41, 5.74) is 28.0. The van der Waals surface area contributed by atoms with Crippen molar-refractivity contribution in [2.75, 3.05) is 24.5 Å². The molecule has 0 bridgehead atoms. The Labute approximate surface area is 635 Å². The summed E-state index contributed by atoms with van der Waals surface area (Å²) in [6, 6.07) is 138. The first-order valence-electron chi connectivity index (χ1n) is 36.3. The van der Waals surface area contributed by atoms with Gasteiger partial charge in [0.05, 0.1) is 11.4 Å². The van der Waals surface area contributed by atoms with Gasteiger partial charge in [-0.3, -0.25) is 0 Å². The quantitative estimate of drug-likeness (QED) is 0.120. The number of hydrogen-bond donors (Lipinski definition) is 0. The summed E-state index contributed by atoms with van der Waals surface area (Å²) in [6.45, 7) is -0.474. The van der Waals surface area contributed by atoms with E-state index in [0.717, 1.165) is 130 Å². The van der Waals surface area contributed by atoms with Crippen LogP contribution >= 0.6 is 0 Å². The van der Waals surface area contributed by atoms with Gasteiger partial charge in [-0.25, -0.2) is 0 Å². The second kappa shape index (κ2) is 24.9. The van der Waals surface area contributed by atoms with Gasteiger partial charge in [0, 0.05) is 45.3 Å². The maximum atomic E-state index is 8.13. The topological polar surface area (TPSA) is 25.4 Å². The third-order valence-corrected chi connectivity index (χ3v) is 28.5. The zero-order valence-electron chi connectivity index (χ0n) is 57.3. The van der Waals surface area contributed by atoms with Crippen LogP contribution < -0.4 is 62.0 Å². The largest absolute Gasteiger partial charge is 0.0616 e. The molecule has 6 heterocycles. The third-order valence-electron chi connectivity index (χ3n) is 22.0. The Balaban J connectivity index is 0.847. The Kier molecular flexibility index (Phi) is 14.4. The van der Waals surface area contributed by atoms with Crippen LogP contribution in [0, 0.1) is 0 Å². The minimum Gasteiger partial charge on any atom is -0.0616 e. The van der Waals surface area contributed by atoms with Crippen molar-refractivity contribution in [2.24, 2.45) is 0 Å². The van der Waals surface area contributed by atoms with E-state index >= 15 is 0 Å². The number of anilines is 15. The van der Waals surface area contributed by atoms with Gasteiger partial charge in [-0.1, -0.05) is 152 Å². The molecule has 4 aliphatic heterocycles. The predicted octanol–water partition coefficient (Wildman–Crippen LogP) is 21.2. The standard InChI is InChI=1S/C96H61B2N5OTe2/c1-7-28-62(29-8-1)72-42-27-43-73(63-30-9-2-10-31-63)96(72)103-84-61-88-81(60-80(84)97-78-44-21-23-46-82(78)101(67-38-17-6-18-39-67)85-54-70(55-86(103)94(85)97)99(64-32-11-3-12-33-64)65-34-13-4-14-35-65)98-79-45-22-24-47-83(79)102(69-51-53-77-75-41-20-26-49-91(75)106-93(77)59-69)87-56-71(57-89(104-88)95(87)98)100(66-36-15-5-16-37-66)68-50-52-76-74-40-19-25-48-90(74)105-92(76)58-68/h1-61H. The van der Waals surface area contributed by atoms with Gasteiger partial charge in [-0.2, -0.15) is 0 Å². The van der Waals surface area contributed by atoms with Crippen LogP contribution in [-0.4, -0.2) is 54.3 Å². The molecule has 0 unspecified atom stereocenters. The first-order valence-corrected chi connectivity index (χ1v) is 40.9. The molecule has 10 heteroatoms. The van der Waals surface area contributed by atoms with E-state index in [1.165, 1.54) is 57.0 Å². The first kappa shape index (κ1) is 61.5. The molecule has 2 aromatic heterocycles. The van der Waals surface area contributed by atoms with Crippen LogP contribution in [0.2, 0.25) is 0 Å². The van der Waals surface area contributed by atoms with E-state index in [4.69, 9.17) is 4.74 Å². The van der Waals surface area contributed by atoms with Crippen molar-refractivity contribution in [1.29, 1.82) is 0 Å². The molecule has 16 aromatic carbocycles. The molecule has 22 rings (SSSR count). The van der Waals surface area contributed by atoms with Gasteiger partial charge in [0.25, 0.3) is 0 Å². The average Bonchev–Trinajstić information content (AvgIpc) is 0.833. The molecule has 0 N–H and O–H groups in total. The van der Waals surface area contributed by atoms with Crippen LogP contribution in [0.25, 0.3) is 57.4 Å². The Hall–Kier alpha value is -12.0. The van der Waals surface area contributed by atoms with Gasteiger partial charge in [0.2, 0.25) is 0 Å². The maximum Gasteiger partial charge on any atom is -0.0543 e. The number of nitrogens with zero attached hydrogens (tertiary/aromatic N) is 5. The molecule has 0 saturated carbocycles. The molecule has 4 aliphatic rings. The number of para-hydroxylation sites is 7. The summed E-state index contributed by atoms with van der Waals surface area (Å²) in [4.78, 5) is 12.7. The molecule has 0 radical (unpaired) electrons. The Morgan fingerprint density at radius 3 is 1.27 bits per heavy atom. The smallest absolute Gasteiger partial charge is 0.0543 e. The zero-order chi connectivity index (χ0) is 69.5. The summed E-state index contributed by atoms with van der Waals surface area (Å²) in [6.07, 6.45) is 0. The SMILES string of the molecule is c1ccc(-c2cccc(-c3ccccc3)c2N2c3cc4c(cc3B3c5ccccc5N(c5ccccc5)c5cc(N(c6ccccc6)c6ccccc6)cc2c53)B2c3ccccc3N(c3ccc5c(c3)[te]c3ccccc35)c3cc(N(c5ccccc5)c5ccc6c(c5)[te]c5ccccc56)cc(c32)O4)cc1. The van der Waals surface area contributed by atoms with Gasteiger partial charge in [0.1, 0.15) is 0 Å². The van der Waals surface area contributed by atoms with Gasteiger partial charge in [-0.15, -0.1) is 0 Å². The molecule has 106 heavy (non-hydrogen) atoms. The Bertz CT molecular complexity index is 6460. The second-order valence-corrected chi connectivity index (χ2v) is 34.0. The zero-order valence-corrected chi connectivity index (χ0v) is 62.0. The van der Waals surface area contributed by atoms with E-state index in [2.05, 4.69) is 395 Å². The summed E-state index contributed by atoms with van der Waals surface area (Å²) < 4.78 is 14.0. The van der Waals surface area contributed by atoms with Crippen LogP contribution in [0.1, 0.15) is 0 Å². The van der Waals surface area contributed by atoms with E-state index in [9.17, 15) is 0 Å². The summed E-state index contributed by atoms with van der Waals surface area (Å²) in [5, 5.41) is 5.46. The van der Waals surface area contributed by atoms with Crippen molar-refractivity contribution in [3.05, 3.63) is 370 Å². The Morgan fingerprint density at radius 1 is 0.245 bits per heavy atom. The number of hydrogen-bond acceptors (Lipinski definition) is 6. The van der Waals surface area contributed by atoms with E-state index in [1.807, 2.05) is 0 Å². The molecule has 6 nitrogen and oxygen atoms in total. The molecule has 0 aliphatic carbocycles. The van der Waals surface area contributed by atoms with Gasteiger partial charge >= 0.3 is 357 Å². The van der Waals surface area contributed by atoms with E-state index in [0.29, 0.717) is 0 Å². The monoisotopic (exact) mass is 1580 g/mol. The molecular formula is C96H61B2N5OTe2. The van der Waals surface area contributed by atoms with E-state index in [-0.39, 0.29) is 13.4 Å². The number of benzene rings is 16. The molecule has 0 saturated heterocycles. The van der Waals surface area contributed by atoms with Gasteiger partial charge in [-0.05, 0) is 65.7 Å². The number of ether oxygens (including phenoxy) is 1.